The fourth-order valence-electron chi connectivity index (χ4n) is 3.23. The molecule has 166 valence electrons. The lowest BCUT2D eigenvalue weighted by atomic mass is 10.1. The summed E-state index contributed by atoms with van der Waals surface area (Å²) < 4.78 is 39.9. The van der Waals surface area contributed by atoms with Crippen molar-refractivity contribution in [1.82, 2.24) is 9.78 Å². The van der Waals surface area contributed by atoms with E-state index in [4.69, 9.17) is 11.6 Å². The van der Waals surface area contributed by atoms with E-state index in [-0.39, 0.29) is 15.6 Å². The number of hydrogen-bond acceptors (Lipinski definition) is 5. The summed E-state index contributed by atoms with van der Waals surface area (Å²) in [6.45, 7) is 3.20. The van der Waals surface area contributed by atoms with Gasteiger partial charge >= 0.3 is 0 Å². The highest BCUT2D eigenvalue weighted by molar-refractivity contribution is 7.90. The van der Waals surface area contributed by atoms with E-state index in [1.807, 2.05) is 18.2 Å². The molecule has 0 bridgehead atoms. The second-order valence-corrected chi connectivity index (χ2v) is 11.4. The van der Waals surface area contributed by atoms with E-state index in [2.05, 4.69) is 5.10 Å². The molecule has 5 nitrogen and oxygen atoms in total. The highest BCUT2D eigenvalue weighted by Crippen LogP contribution is 2.38. The second kappa shape index (κ2) is 8.12. The van der Waals surface area contributed by atoms with Crippen molar-refractivity contribution in [2.75, 3.05) is 6.26 Å². The van der Waals surface area contributed by atoms with Crippen LogP contribution in [0.5, 0.6) is 0 Å². The molecule has 2 heterocycles. The number of rotatable bonds is 5. The highest BCUT2D eigenvalue weighted by Gasteiger charge is 2.25. The molecule has 0 unspecified atom stereocenters. The van der Waals surface area contributed by atoms with Crippen LogP contribution in [-0.2, 0) is 15.4 Å². The van der Waals surface area contributed by atoms with E-state index in [9.17, 15) is 17.9 Å². The van der Waals surface area contributed by atoms with Crippen molar-refractivity contribution in [3.8, 4) is 26.7 Å². The molecule has 0 spiro atoms. The Morgan fingerprint density at radius 2 is 1.75 bits per heavy atom. The first-order chi connectivity index (χ1) is 14.9. The van der Waals surface area contributed by atoms with Crippen LogP contribution in [0.15, 0.2) is 65.6 Å². The van der Waals surface area contributed by atoms with Crippen molar-refractivity contribution < 1.29 is 17.9 Å². The first-order valence-electron chi connectivity index (χ1n) is 9.63. The first-order valence-corrected chi connectivity index (χ1v) is 12.7. The Bertz CT molecular complexity index is 1400. The molecule has 1 N–H and O–H groups in total. The molecule has 0 aliphatic heterocycles. The van der Waals surface area contributed by atoms with Gasteiger partial charge in [0.25, 0.3) is 0 Å². The molecule has 0 atom stereocenters. The quantitative estimate of drug-likeness (QED) is 0.390. The van der Waals surface area contributed by atoms with E-state index in [1.165, 1.54) is 34.4 Å². The van der Waals surface area contributed by atoms with Crippen molar-refractivity contribution in [3.05, 3.63) is 77.2 Å². The first kappa shape index (κ1) is 22.7. The van der Waals surface area contributed by atoms with Crippen molar-refractivity contribution in [1.29, 1.82) is 0 Å². The van der Waals surface area contributed by atoms with Gasteiger partial charge in [-0.1, -0.05) is 29.8 Å². The number of para-hydroxylation sites is 1. The minimum Gasteiger partial charge on any atom is -0.384 e. The Morgan fingerprint density at radius 1 is 1.06 bits per heavy atom. The molecule has 0 radical (unpaired) electrons. The molecule has 4 aromatic rings. The van der Waals surface area contributed by atoms with Gasteiger partial charge in [0.2, 0.25) is 0 Å². The van der Waals surface area contributed by atoms with E-state index < -0.39 is 21.3 Å². The average Bonchev–Trinajstić information content (AvgIpc) is 3.34. The van der Waals surface area contributed by atoms with Crippen LogP contribution in [0, 0.1) is 5.82 Å². The van der Waals surface area contributed by atoms with E-state index >= 15 is 0 Å². The molecule has 0 aliphatic carbocycles. The summed E-state index contributed by atoms with van der Waals surface area (Å²) >= 11 is 7.69. The van der Waals surface area contributed by atoms with Gasteiger partial charge in [-0.25, -0.2) is 17.5 Å². The molecule has 0 amide bonds. The molecular formula is C23H20ClFN2O3S2. The predicted molar refractivity (Wildman–Crippen MR) is 126 cm³/mol. The largest absolute Gasteiger partial charge is 0.384 e. The smallest absolute Gasteiger partial charge is 0.175 e. The lowest BCUT2D eigenvalue weighted by Crippen LogP contribution is -2.16. The number of nitrogens with zero attached hydrogens (tertiary/aromatic N) is 2. The summed E-state index contributed by atoms with van der Waals surface area (Å²) in [6, 6.07) is 16.5. The lowest BCUT2D eigenvalue weighted by Gasteiger charge is -2.13. The van der Waals surface area contributed by atoms with E-state index in [0.717, 1.165) is 15.3 Å². The van der Waals surface area contributed by atoms with Gasteiger partial charge in [0.15, 0.2) is 9.84 Å². The molecule has 32 heavy (non-hydrogen) atoms. The Kier molecular flexibility index (Phi) is 5.75. The molecule has 2 aromatic carbocycles. The molecular weight excluding hydrogens is 471 g/mol. The number of thiophene rings is 1. The van der Waals surface area contributed by atoms with Gasteiger partial charge in [-0.2, -0.15) is 5.10 Å². The molecule has 0 fully saturated rings. The monoisotopic (exact) mass is 490 g/mol. The summed E-state index contributed by atoms with van der Waals surface area (Å²) in [4.78, 5) is 1.83. The molecule has 9 heteroatoms. The predicted octanol–water partition coefficient (Wildman–Crippen LogP) is 5.69. The van der Waals surface area contributed by atoms with Gasteiger partial charge in [0.05, 0.1) is 26.2 Å². The second-order valence-electron chi connectivity index (χ2n) is 7.92. The maximum atomic E-state index is 14.7. The standard InChI is InChI=1S/C23H20ClFN2O3S2/c1-23(2,28)21-13-18(27(26-21)22-16(24)8-5-9-17(22)25)20-11-10-19(31-20)14-6-4-7-15(12-14)32(3,29)30/h4-13,28H,1-3H3. The van der Waals surface area contributed by atoms with E-state index in [1.54, 1.807) is 44.2 Å². The molecule has 0 aliphatic rings. The third-order valence-electron chi connectivity index (χ3n) is 4.89. The number of aromatic nitrogens is 2. The van der Waals surface area contributed by atoms with Crippen LogP contribution < -0.4 is 0 Å². The Morgan fingerprint density at radius 3 is 2.41 bits per heavy atom. The van der Waals surface area contributed by atoms with Crippen LogP contribution in [0.4, 0.5) is 4.39 Å². The van der Waals surface area contributed by atoms with Crippen LogP contribution in [0.1, 0.15) is 19.5 Å². The van der Waals surface area contributed by atoms with Crippen LogP contribution in [0.3, 0.4) is 0 Å². The zero-order chi connectivity index (χ0) is 23.3. The number of benzene rings is 2. The maximum absolute atomic E-state index is 14.7. The lowest BCUT2D eigenvalue weighted by molar-refractivity contribution is 0.0734. The summed E-state index contributed by atoms with van der Waals surface area (Å²) in [5.41, 5.74) is 0.516. The highest BCUT2D eigenvalue weighted by atomic mass is 35.5. The topological polar surface area (TPSA) is 72.2 Å². The zero-order valence-electron chi connectivity index (χ0n) is 17.5. The minimum atomic E-state index is -3.34. The summed E-state index contributed by atoms with van der Waals surface area (Å²) in [5, 5.41) is 15.1. The Balaban J connectivity index is 1.87. The van der Waals surface area contributed by atoms with Crippen LogP contribution in [-0.4, -0.2) is 29.6 Å². The van der Waals surface area contributed by atoms with Gasteiger partial charge in [-0.15, -0.1) is 11.3 Å². The fourth-order valence-corrected chi connectivity index (χ4v) is 5.14. The van der Waals surface area contributed by atoms with Gasteiger partial charge in [-0.05, 0) is 61.9 Å². The SMILES string of the molecule is CC(C)(O)c1cc(-c2ccc(-c3cccc(S(C)(=O)=O)c3)s2)n(-c2c(F)cccc2Cl)n1. The van der Waals surface area contributed by atoms with Crippen LogP contribution in [0.2, 0.25) is 5.02 Å². The van der Waals surface area contributed by atoms with Crippen LogP contribution in [0.25, 0.3) is 26.7 Å². The normalized spacial score (nSPS) is 12.3. The zero-order valence-corrected chi connectivity index (χ0v) is 19.9. The summed E-state index contributed by atoms with van der Waals surface area (Å²) in [5.74, 6) is -0.540. The number of hydrogen-bond donors (Lipinski definition) is 1. The Labute approximate surface area is 194 Å². The molecule has 2 aromatic heterocycles. The maximum Gasteiger partial charge on any atom is 0.175 e. The minimum absolute atomic E-state index is 0.0914. The summed E-state index contributed by atoms with van der Waals surface area (Å²) in [6.07, 6.45) is 1.17. The van der Waals surface area contributed by atoms with Crippen molar-refractivity contribution in [2.45, 2.75) is 24.3 Å². The van der Waals surface area contributed by atoms with Gasteiger partial charge in [0, 0.05) is 11.1 Å². The van der Waals surface area contributed by atoms with Crippen LogP contribution >= 0.6 is 22.9 Å². The third-order valence-corrected chi connectivity index (χ3v) is 7.46. The van der Waals surface area contributed by atoms with Crippen molar-refractivity contribution in [3.63, 3.8) is 0 Å². The van der Waals surface area contributed by atoms with Crippen molar-refractivity contribution >= 4 is 32.8 Å². The average molecular weight is 491 g/mol. The third kappa shape index (κ3) is 4.36. The van der Waals surface area contributed by atoms with Gasteiger partial charge in [-0.3, -0.25) is 0 Å². The number of sulfone groups is 1. The molecule has 0 saturated carbocycles. The molecule has 0 saturated heterocycles. The van der Waals surface area contributed by atoms with Crippen molar-refractivity contribution in [2.24, 2.45) is 0 Å². The van der Waals surface area contributed by atoms with Gasteiger partial charge in [0.1, 0.15) is 17.1 Å². The molecule has 4 rings (SSSR count). The fraction of sp³-hybridized carbons (Fsp3) is 0.174. The van der Waals surface area contributed by atoms with Gasteiger partial charge < -0.3 is 5.11 Å². The summed E-state index contributed by atoms with van der Waals surface area (Å²) in [7, 11) is -3.34. The number of aliphatic hydroxyl groups is 1. The number of halogens is 2. The van der Waals surface area contributed by atoms with E-state index in [0.29, 0.717) is 11.4 Å². The Hall–Kier alpha value is -2.52.